The molecule has 1 amide bonds. The maximum absolute atomic E-state index is 12.0. The van der Waals surface area contributed by atoms with Gasteiger partial charge < -0.3 is 15.0 Å². The van der Waals surface area contributed by atoms with E-state index in [9.17, 15) is 4.79 Å². The van der Waals surface area contributed by atoms with Crippen LogP contribution in [0.1, 0.15) is 20.8 Å². The molecule has 5 heteroatoms. The zero-order valence-corrected chi connectivity index (χ0v) is 13.8. The van der Waals surface area contributed by atoms with Gasteiger partial charge in [-0.15, -0.1) is 0 Å². The lowest BCUT2D eigenvalue weighted by molar-refractivity contribution is 0.0148. The van der Waals surface area contributed by atoms with E-state index in [0.29, 0.717) is 0 Å². The zero-order valence-electron chi connectivity index (χ0n) is 13.8. The van der Waals surface area contributed by atoms with Gasteiger partial charge in [0.05, 0.1) is 0 Å². The summed E-state index contributed by atoms with van der Waals surface area (Å²) in [6.07, 6.45) is -0.199. The molecule has 0 radical (unpaired) electrons. The fraction of sp³-hybridized carbons (Fsp3) is 0.588. The Morgan fingerprint density at radius 1 is 1.14 bits per heavy atom. The summed E-state index contributed by atoms with van der Waals surface area (Å²) >= 11 is 0. The van der Waals surface area contributed by atoms with Crippen LogP contribution in [0.25, 0.3) is 0 Å². The van der Waals surface area contributed by atoms with Gasteiger partial charge in [0, 0.05) is 45.0 Å². The van der Waals surface area contributed by atoms with Gasteiger partial charge in [0.1, 0.15) is 5.60 Å². The molecular formula is C17H27N3O2. The van der Waals surface area contributed by atoms with Crippen molar-refractivity contribution in [3.63, 3.8) is 0 Å². The number of hydrogen-bond donors (Lipinski definition) is 1. The summed E-state index contributed by atoms with van der Waals surface area (Å²) in [5.41, 5.74) is 0.725. The molecule has 1 aromatic rings. The topological polar surface area (TPSA) is 44.8 Å². The standard InChI is InChI=1S/C17H27N3O2/c1-17(2,3)22-16(21)20-13-11-19(12-14-20)10-9-18-15-7-5-4-6-8-15/h4-8,18H,9-14H2,1-3H3. The molecule has 5 nitrogen and oxygen atoms in total. The maximum Gasteiger partial charge on any atom is 0.410 e. The summed E-state index contributed by atoms with van der Waals surface area (Å²) in [7, 11) is 0. The Hall–Kier alpha value is -1.75. The van der Waals surface area contributed by atoms with E-state index in [4.69, 9.17) is 4.74 Å². The monoisotopic (exact) mass is 305 g/mol. The van der Waals surface area contributed by atoms with Crippen molar-refractivity contribution in [2.45, 2.75) is 26.4 Å². The summed E-state index contributed by atoms with van der Waals surface area (Å²) in [5, 5.41) is 3.41. The van der Waals surface area contributed by atoms with E-state index >= 15 is 0 Å². The summed E-state index contributed by atoms with van der Waals surface area (Å²) in [4.78, 5) is 16.2. The first-order valence-electron chi connectivity index (χ1n) is 7.93. The predicted molar refractivity (Wildman–Crippen MR) is 89.2 cm³/mol. The van der Waals surface area contributed by atoms with Crippen molar-refractivity contribution in [3.8, 4) is 0 Å². The highest BCUT2D eigenvalue weighted by Crippen LogP contribution is 2.12. The minimum Gasteiger partial charge on any atom is -0.444 e. The molecule has 122 valence electrons. The largest absolute Gasteiger partial charge is 0.444 e. The smallest absolute Gasteiger partial charge is 0.410 e. The van der Waals surface area contributed by atoms with E-state index in [-0.39, 0.29) is 6.09 Å². The van der Waals surface area contributed by atoms with Crippen molar-refractivity contribution in [1.29, 1.82) is 0 Å². The first-order chi connectivity index (χ1) is 10.4. The lowest BCUT2D eigenvalue weighted by atomic mass is 10.2. The molecular weight excluding hydrogens is 278 g/mol. The van der Waals surface area contributed by atoms with Crippen molar-refractivity contribution in [2.24, 2.45) is 0 Å². The van der Waals surface area contributed by atoms with Gasteiger partial charge in [-0.3, -0.25) is 4.90 Å². The van der Waals surface area contributed by atoms with Crippen LogP contribution >= 0.6 is 0 Å². The molecule has 1 aliphatic heterocycles. The Labute approximate surface area is 133 Å². The number of hydrogen-bond acceptors (Lipinski definition) is 4. The summed E-state index contributed by atoms with van der Waals surface area (Å²) in [6, 6.07) is 10.2. The molecule has 1 aliphatic rings. The molecule has 0 bridgehead atoms. The van der Waals surface area contributed by atoms with Crippen LogP contribution in [0.2, 0.25) is 0 Å². The number of amides is 1. The molecule has 0 aromatic heterocycles. The van der Waals surface area contributed by atoms with E-state index in [1.165, 1.54) is 0 Å². The van der Waals surface area contributed by atoms with Crippen molar-refractivity contribution in [2.75, 3.05) is 44.6 Å². The first-order valence-corrected chi connectivity index (χ1v) is 7.93. The Balaban J connectivity index is 1.66. The second kappa shape index (κ2) is 7.49. The highest BCUT2D eigenvalue weighted by molar-refractivity contribution is 5.68. The van der Waals surface area contributed by atoms with Crippen LogP contribution in [-0.2, 0) is 4.74 Å². The summed E-state index contributed by atoms with van der Waals surface area (Å²) < 4.78 is 5.41. The molecule has 1 heterocycles. The van der Waals surface area contributed by atoms with Crippen LogP contribution in [0.3, 0.4) is 0 Å². The number of ether oxygens (including phenoxy) is 1. The Morgan fingerprint density at radius 2 is 1.77 bits per heavy atom. The van der Waals surface area contributed by atoms with Crippen LogP contribution in [0.15, 0.2) is 30.3 Å². The number of anilines is 1. The van der Waals surface area contributed by atoms with E-state index in [2.05, 4.69) is 22.3 Å². The van der Waals surface area contributed by atoms with Crippen LogP contribution in [-0.4, -0.2) is 60.8 Å². The molecule has 0 saturated carbocycles. The number of para-hydroxylation sites is 1. The Morgan fingerprint density at radius 3 is 2.36 bits per heavy atom. The van der Waals surface area contributed by atoms with Gasteiger partial charge in [-0.25, -0.2) is 4.79 Å². The van der Waals surface area contributed by atoms with Crippen molar-refractivity contribution in [3.05, 3.63) is 30.3 Å². The third-order valence-corrected chi connectivity index (χ3v) is 3.55. The molecule has 1 aromatic carbocycles. The number of carbonyl (C=O) groups is 1. The van der Waals surface area contributed by atoms with Crippen molar-refractivity contribution < 1.29 is 9.53 Å². The minimum absolute atomic E-state index is 0.199. The molecule has 0 atom stereocenters. The molecule has 22 heavy (non-hydrogen) atoms. The van der Waals surface area contributed by atoms with Crippen LogP contribution < -0.4 is 5.32 Å². The Kier molecular flexibility index (Phi) is 5.66. The highest BCUT2D eigenvalue weighted by atomic mass is 16.6. The SMILES string of the molecule is CC(C)(C)OC(=O)N1CCN(CCNc2ccccc2)CC1. The van der Waals surface area contributed by atoms with Gasteiger partial charge in [0.2, 0.25) is 0 Å². The van der Waals surface area contributed by atoms with Crippen LogP contribution in [0, 0.1) is 0 Å². The molecule has 1 fully saturated rings. The van der Waals surface area contributed by atoms with Gasteiger partial charge in [-0.05, 0) is 32.9 Å². The van der Waals surface area contributed by atoms with E-state index in [1.807, 2.05) is 39.0 Å². The molecule has 0 spiro atoms. The average molecular weight is 305 g/mol. The number of piperazine rings is 1. The lowest BCUT2D eigenvalue weighted by Crippen LogP contribution is -2.50. The Bertz CT molecular complexity index is 463. The third-order valence-electron chi connectivity index (χ3n) is 3.55. The minimum atomic E-state index is -0.423. The highest BCUT2D eigenvalue weighted by Gasteiger charge is 2.25. The molecule has 1 N–H and O–H groups in total. The fourth-order valence-corrected chi connectivity index (χ4v) is 2.39. The predicted octanol–water partition coefficient (Wildman–Crippen LogP) is 2.65. The summed E-state index contributed by atoms with van der Waals surface area (Å²) in [5.74, 6) is 0. The number of benzene rings is 1. The van der Waals surface area contributed by atoms with Crippen molar-refractivity contribution in [1.82, 2.24) is 9.80 Å². The number of nitrogens with one attached hydrogen (secondary N) is 1. The molecule has 0 unspecified atom stereocenters. The normalized spacial score (nSPS) is 16.4. The first kappa shape index (κ1) is 16.6. The molecule has 1 saturated heterocycles. The fourth-order valence-electron chi connectivity index (χ4n) is 2.39. The summed E-state index contributed by atoms with van der Waals surface area (Å²) in [6.45, 7) is 10.9. The van der Waals surface area contributed by atoms with Gasteiger partial charge in [-0.1, -0.05) is 18.2 Å². The van der Waals surface area contributed by atoms with Crippen LogP contribution in [0.5, 0.6) is 0 Å². The second-order valence-corrected chi connectivity index (χ2v) is 6.60. The van der Waals surface area contributed by atoms with Crippen LogP contribution in [0.4, 0.5) is 10.5 Å². The quantitative estimate of drug-likeness (QED) is 0.929. The van der Waals surface area contributed by atoms with E-state index in [0.717, 1.165) is 45.0 Å². The average Bonchev–Trinajstić information content (AvgIpc) is 2.47. The van der Waals surface area contributed by atoms with E-state index < -0.39 is 5.60 Å². The second-order valence-electron chi connectivity index (χ2n) is 6.60. The maximum atomic E-state index is 12.0. The van der Waals surface area contributed by atoms with Crippen molar-refractivity contribution >= 4 is 11.8 Å². The van der Waals surface area contributed by atoms with Gasteiger partial charge >= 0.3 is 6.09 Å². The van der Waals surface area contributed by atoms with E-state index in [1.54, 1.807) is 4.90 Å². The van der Waals surface area contributed by atoms with Gasteiger partial charge in [0.25, 0.3) is 0 Å². The van der Waals surface area contributed by atoms with Gasteiger partial charge in [-0.2, -0.15) is 0 Å². The number of carbonyl (C=O) groups excluding carboxylic acids is 1. The lowest BCUT2D eigenvalue weighted by Gasteiger charge is -2.35. The molecule has 2 rings (SSSR count). The van der Waals surface area contributed by atoms with Gasteiger partial charge in [0.15, 0.2) is 0 Å². The number of rotatable bonds is 4. The number of nitrogens with zero attached hydrogens (tertiary/aromatic N) is 2. The molecule has 0 aliphatic carbocycles. The third kappa shape index (κ3) is 5.56. The zero-order chi connectivity index (χ0) is 16.0.